The molecule has 7 nitrogen and oxygen atoms in total. The van der Waals surface area contributed by atoms with Gasteiger partial charge in [-0.15, -0.1) is 11.8 Å². The van der Waals surface area contributed by atoms with Gasteiger partial charge in [0.15, 0.2) is 5.76 Å². The molecule has 0 aliphatic heterocycles. The average Bonchev–Trinajstić information content (AvgIpc) is 2.93. The van der Waals surface area contributed by atoms with Crippen LogP contribution < -0.4 is 11.3 Å². The first kappa shape index (κ1) is 14.1. The molecule has 1 amide bonds. The second-order valence-corrected chi connectivity index (χ2v) is 4.84. The Balaban J connectivity index is 2.04. The monoisotopic (exact) mass is 293 g/mol. The van der Waals surface area contributed by atoms with E-state index >= 15 is 0 Å². The number of nitro groups is 1. The first-order valence-corrected chi connectivity index (χ1v) is 6.55. The molecule has 8 heteroatoms. The third-order valence-corrected chi connectivity index (χ3v) is 3.59. The second-order valence-electron chi connectivity index (χ2n) is 3.79. The van der Waals surface area contributed by atoms with Crippen LogP contribution >= 0.6 is 11.8 Å². The lowest BCUT2D eigenvalue weighted by Gasteiger charge is -2.02. The van der Waals surface area contributed by atoms with Gasteiger partial charge in [-0.25, -0.2) is 5.84 Å². The largest absolute Gasteiger partial charge is 0.459 e. The van der Waals surface area contributed by atoms with Crippen LogP contribution in [0.25, 0.3) is 0 Å². The quantitative estimate of drug-likeness (QED) is 0.287. The van der Waals surface area contributed by atoms with E-state index in [-0.39, 0.29) is 11.4 Å². The number of nitrogens with one attached hydrogen (secondary N) is 1. The summed E-state index contributed by atoms with van der Waals surface area (Å²) < 4.78 is 5.06. The maximum atomic E-state index is 11.4. The summed E-state index contributed by atoms with van der Waals surface area (Å²) in [5.41, 5.74) is 2.76. The molecule has 0 spiro atoms. The summed E-state index contributed by atoms with van der Waals surface area (Å²) in [6.07, 6.45) is 1.41. The van der Waals surface area contributed by atoms with E-state index in [2.05, 4.69) is 0 Å². The number of hydrazine groups is 1. The van der Waals surface area contributed by atoms with Crippen LogP contribution in [0.4, 0.5) is 5.69 Å². The van der Waals surface area contributed by atoms with Crippen molar-refractivity contribution in [3.63, 3.8) is 0 Å². The zero-order valence-corrected chi connectivity index (χ0v) is 11.1. The molecule has 0 aliphatic carbocycles. The highest BCUT2D eigenvalue weighted by Crippen LogP contribution is 2.26. The number of thioether (sulfide) groups is 1. The zero-order chi connectivity index (χ0) is 14.5. The van der Waals surface area contributed by atoms with Gasteiger partial charge in [-0.05, 0) is 18.2 Å². The molecular weight excluding hydrogens is 282 g/mol. The van der Waals surface area contributed by atoms with E-state index < -0.39 is 10.8 Å². The Kier molecular flexibility index (Phi) is 4.38. The van der Waals surface area contributed by atoms with Crippen LogP contribution in [0.5, 0.6) is 0 Å². The molecule has 3 N–H and O–H groups in total. The molecule has 0 unspecified atom stereocenters. The van der Waals surface area contributed by atoms with Gasteiger partial charge in [0.2, 0.25) is 0 Å². The minimum absolute atomic E-state index is 0.0425. The number of hydrogen-bond acceptors (Lipinski definition) is 6. The Morgan fingerprint density at radius 3 is 2.65 bits per heavy atom. The van der Waals surface area contributed by atoms with E-state index in [4.69, 9.17) is 10.3 Å². The minimum Gasteiger partial charge on any atom is -0.459 e. The molecule has 0 fully saturated rings. The van der Waals surface area contributed by atoms with E-state index in [1.165, 1.54) is 30.2 Å². The molecule has 2 aromatic rings. The van der Waals surface area contributed by atoms with Gasteiger partial charge in [0.25, 0.3) is 5.69 Å². The van der Waals surface area contributed by atoms with Crippen LogP contribution in [0.2, 0.25) is 0 Å². The van der Waals surface area contributed by atoms with Crippen LogP contribution in [-0.2, 0) is 5.75 Å². The number of furan rings is 1. The van der Waals surface area contributed by atoms with Gasteiger partial charge in [0.1, 0.15) is 0 Å². The third-order valence-electron chi connectivity index (χ3n) is 2.53. The predicted octanol–water partition coefficient (Wildman–Crippen LogP) is 2.08. The maximum Gasteiger partial charge on any atom is 0.301 e. The van der Waals surface area contributed by atoms with Crippen LogP contribution in [-0.4, -0.2) is 10.8 Å². The summed E-state index contributed by atoms with van der Waals surface area (Å²) in [7, 11) is 0. The molecule has 0 aliphatic rings. The highest BCUT2D eigenvalue weighted by molar-refractivity contribution is 7.98. The Hall–Kier alpha value is -2.32. The molecule has 0 atom stereocenters. The Labute approximate surface area is 118 Å². The SMILES string of the molecule is NNC(=O)c1occc1CSc1ccc([N+](=O)[O-])cc1. The highest BCUT2D eigenvalue weighted by atomic mass is 32.2. The molecule has 1 aromatic heterocycles. The van der Waals surface area contributed by atoms with E-state index in [0.717, 1.165) is 4.90 Å². The van der Waals surface area contributed by atoms with Gasteiger partial charge in [-0.2, -0.15) is 0 Å². The molecule has 2 rings (SSSR count). The van der Waals surface area contributed by atoms with E-state index in [1.807, 2.05) is 5.43 Å². The van der Waals surface area contributed by atoms with Crippen molar-refractivity contribution in [3.05, 3.63) is 58.0 Å². The maximum absolute atomic E-state index is 11.4. The topological polar surface area (TPSA) is 111 Å². The number of hydrogen-bond donors (Lipinski definition) is 2. The zero-order valence-electron chi connectivity index (χ0n) is 10.2. The van der Waals surface area contributed by atoms with E-state index in [9.17, 15) is 14.9 Å². The van der Waals surface area contributed by atoms with E-state index in [1.54, 1.807) is 18.2 Å². The Morgan fingerprint density at radius 1 is 1.35 bits per heavy atom. The molecule has 1 aromatic carbocycles. The third kappa shape index (κ3) is 3.16. The summed E-state index contributed by atoms with van der Waals surface area (Å²) in [6, 6.07) is 7.87. The van der Waals surface area contributed by atoms with Crippen molar-refractivity contribution in [2.75, 3.05) is 0 Å². The number of rotatable bonds is 5. The standard InChI is InChI=1S/C12H11N3O4S/c13-14-12(16)11-8(5-6-19-11)7-20-10-3-1-9(2-4-10)15(17)18/h1-6H,7,13H2,(H,14,16). The predicted molar refractivity (Wildman–Crippen MR) is 73.0 cm³/mol. The summed E-state index contributed by atoms with van der Waals surface area (Å²) in [4.78, 5) is 22.4. The number of nitro benzene ring substituents is 1. The Bertz CT molecular complexity index is 624. The van der Waals surface area contributed by atoms with Crippen LogP contribution in [0.3, 0.4) is 0 Å². The molecule has 0 saturated heterocycles. The van der Waals surface area contributed by atoms with Crippen LogP contribution in [0, 0.1) is 10.1 Å². The molecular formula is C12H11N3O4S. The first-order chi connectivity index (χ1) is 9.61. The van der Waals surface area contributed by atoms with Gasteiger partial charge in [-0.3, -0.25) is 20.3 Å². The van der Waals surface area contributed by atoms with Crippen molar-refractivity contribution in [2.45, 2.75) is 10.6 Å². The van der Waals surface area contributed by atoms with Gasteiger partial charge < -0.3 is 4.42 Å². The molecule has 1 heterocycles. The number of nitrogen functional groups attached to an aromatic ring is 1. The first-order valence-electron chi connectivity index (χ1n) is 5.56. The summed E-state index contributed by atoms with van der Waals surface area (Å²) in [5.74, 6) is 5.23. The van der Waals surface area contributed by atoms with Gasteiger partial charge >= 0.3 is 5.91 Å². The number of nitrogens with zero attached hydrogens (tertiary/aromatic N) is 1. The molecule has 0 bridgehead atoms. The lowest BCUT2D eigenvalue weighted by Crippen LogP contribution is -2.30. The van der Waals surface area contributed by atoms with Crippen molar-refractivity contribution in [2.24, 2.45) is 5.84 Å². The molecule has 0 radical (unpaired) electrons. The van der Waals surface area contributed by atoms with Crippen molar-refractivity contribution in [1.82, 2.24) is 5.43 Å². The fourth-order valence-corrected chi connectivity index (χ4v) is 2.42. The van der Waals surface area contributed by atoms with Gasteiger partial charge in [-0.1, -0.05) is 0 Å². The van der Waals surface area contributed by atoms with E-state index in [0.29, 0.717) is 11.3 Å². The number of amides is 1. The van der Waals surface area contributed by atoms with Crippen LogP contribution in [0.1, 0.15) is 16.1 Å². The highest BCUT2D eigenvalue weighted by Gasteiger charge is 2.14. The fourth-order valence-electron chi connectivity index (χ4n) is 1.54. The van der Waals surface area contributed by atoms with Gasteiger partial charge in [0, 0.05) is 28.3 Å². The van der Waals surface area contributed by atoms with Crippen molar-refractivity contribution < 1.29 is 14.1 Å². The summed E-state index contributed by atoms with van der Waals surface area (Å²) in [5, 5.41) is 10.5. The Morgan fingerprint density at radius 2 is 2.05 bits per heavy atom. The van der Waals surface area contributed by atoms with Gasteiger partial charge in [0.05, 0.1) is 11.2 Å². The lowest BCUT2D eigenvalue weighted by atomic mass is 10.3. The van der Waals surface area contributed by atoms with Crippen molar-refractivity contribution in [1.29, 1.82) is 0 Å². The smallest absolute Gasteiger partial charge is 0.301 e. The second kappa shape index (κ2) is 6.22. The fraction of sp³-hybridized carbons (Fsp3) is 0.0833. The number of non-ortho nitro benzene ring substituents is 1. The minimum atomic E-state index is -0.491. The number of nitrogens with two attached hydrogens (primary N) is 1. The van der Waals surface area contributed by atoms with Crippen molar-refractivity contribution in [3.8, 4) is 0 Å². The molecule has 104 valence electrons. The molecule has 0 saturated carbocycles. The van der Waals surface area contributed by atoms with Crippen LogP contribution in [0.15, 0.2) is 45.9 Å². The normalized spacial score (nSPS) is 10.2. The molecule has 20 heavy (non-hydrogen) atoms. The number of benzene rings is 1. The van der Waals surface area contributed by atoms with Crippen molar-refractivity contribution >= 4 is 23.4 Å². The summed E-state index contributed by atoms with van der Waals surface area (Å²) in [6.45, 7) is 0. The number of carbonyl (C=O) groups is 1. The summed E-state index contributed by atoms with van der Waals surface area (Å²) >= 11 is 1.44. The number of carbonyl (C=O) groups excluding carboxylic acids is 1. The lowest BCUT2D eigenvalue weighted by molar-refractivity contribution is -0.384. The average molecular weight is 293 g/mol.